The second-order valence-electron chi connectivity index (χ2n) is 25.7. The van der Waals surface area contributed by atoms with Crippen LogP contribution in [0.3, 0.4) is 0 Å². The van der Waals surface area contributed by atoms with Crippen molar-refractivity contribution >= 4 is 98.3 Å². The lowest BCUT2D eigenvalue weighted by Crippen LogP contribution is -2.36. The van der Waals surface area contributed by atoms with Crippen molar-refractivity contribution < 1.29 is 157 Å². The van der Waals surface area contributed by atoms with Crippen molar-refractivity contribution in [3.63, 3.8) is 0 Å². The second-order valence-corrected chi connectivity index (χ2v) is 40.5. The van der Waals surface area contributed by atoms with Crippen molar-refractivity contribution in [2.75, 3.05) is 55.3 Å². The van der Waals surface area contributed by atoms with E-state index in [0.717, 1.165) is 23.8 Å². The molecule has 4 aromatic heterocycles. The minimum absolute atomic E-state index is 0.0144. The number of ether oxygens (including phenoxy) is 4. The molecular formula is C61H73Cl2N12O37P7. The Morgan fingerprint density at radius 1 is 0.420 bits per heavy atom. The first-order valence-electron chi connectivity index (χ1n) is 33.7. The fraction of sp³-hybridized carbons (Fsp3) is 0.344. The van der Waals surface area contributed by atoms with Gasteiger partial charge in [0, 0.05) is 47.0 Å². The molecule has 9 heterocycles. The summed E-state index contributed by atoms with van der Waals surface area (Å²) in [5, 5.41) is 90.9. The minimum atomic E-state index is -5.75. The number of phosphoric ester groups is 1. The van der Waals surface area contributed by atoms with Crippen LogP contribution in [-0.2, 0) is 81.7 Å². The number of nitrogens with two attached hydrogens (primary N) is 4. The van der Waals surface area contributed by atoms with Gasteiger partial charge in [0.1, 0.15) is 96.5 Å². The lowest BCUT2D eigenvalue weighted by atomic mass is 10.1. The molecule has 0 spiro atoms. The van der Waals surface area contributed by atoms with Crippen molar-refractivity contribution in [2.24, 2.45) is 0 Å². The molecule has 0 amide bonds. The van der Waals surface area contributed by atoms with Crippen LogP contribution in [0.5, 0.6) is 0 Å². The second kappa shape index (κ2) is 38.3. The zero-order chi connectivity index (χ0) is 87.4. The van der Waals surface area contributed by atoms with Gasteiger partial charge in [-0.15, -0.1) is 0 Å². The lowest BCUT2D eigenvalue weighted by Gasteiger charge is -2.28. The predicted molar refractivity (Wildman–Crippen MR) is 409 cm³/mol. The number of anilines is 4. The number of hydrogen-bond donors (Lipinski definition) is 19. The SMILES string of the molecule is Nc1nc(=O)n([C@@H]2O[C@H](CO)C(O)[C@@H]2O)cc1-c1ccccc1.Nc1nc(=O)n([C@@H]2O[C@H](COP(=O)(Cl)Cl)C(O)[C@@H]2O)cc1-c1ccccc1.Nc1nc(=O)n([C@@H]2O[C@H](COP(=O)(O)OP(=O)(O)OP(=O)(O)O)C(O)[C@@H]2O)cc1-c1ccccc1.Nc1nc(=O)n([C@@H]2O[C@H](COP3(=O)CP(=O)(O)OP(=O)(O)O3)C(O)[C@@H]2O)cc1-c1ccccc1. The minimum Gasteiger partial charge on any atom is -0.394 e. The van der Waals surface area contributed by atoms with Crippen molar-refractivity contribution in [1.29, 1.82) is 0 Å². The Bertz CT molecular complexity index is 5530. The molecule has 9 unspecified atom stereocenters. The summed E-state index contributed by atoms with van der Waals surface area (Å²) in [6, 6.07) is 35.2. The molecule has 5 saturated heterocycles. The Balaban J connectivity index is 0.000000169. The van der Waals surface area contributed by atoms with E-state index in [9.17, 15) is 107 Å². The van der Waals surface area contributed by atoms with E-state index in [1.807, 2.05) is 24.3 Å². The molecule has 58 heteroatoms. The number of aliphatic hydroxyl groups is 9. The third-order valence-electron chi connectivity index (χ3n) is 17.3. The van der Waals surface area contributed by atoms with Crippen molar-refractivity contribution in [3.05, 3.63) is 188 Å². The van der Waals surface area contributed by atoms with E-state index in [-0.39, 0.29) is 23.3 Å². The monoisotopic (exact) mass is 1850 g/mol. The Labute approximate surface area is 676 Å². The van der Waals surface area contributed by atoms with E-state index in [2.05, 4.69) is 41.7 Å². The quantitative estimate of drug-likeness (QED) is 0.0419. The van der Waals surface area contributed by atoms with Gasteiger partial charge >= 0.3 is 75.3 Å². The number of hydrogen-bond acceptors (Lipinski definition) is 39. The number of benzene rings is 4. The van der Waals surface area contributed by atoms with Gasteiger partial charge in [-0.05, 0) is 44.7 Å². The Morgan fingerprint density at radius 3 is 0.983 bits per heavy atom. The average Bonchev–Trinajstić information content (AvgIpc) is 1.72. The number of nitrogen functional groups attached to an aromatic ring is 4. The van der Waals surface area contributed by atoms with Crippen molar-refractivity contribution in [2.45, 2.75) is 98.2 Å². The summed E-state index contributed by atoms with van der Waals surface area (Å²) in [6.45, 7) is -2.76. The zero-order valence-electron chi connectivity index (χ0n) is 60.1. The molecule has 49 nitrogen and oxygen atoms in total. The average molecular weight is 1850 g/mol. The molecular weight excluding hydrogens is 1780 g/mol. The van der Waals surface area contributed by atoms with Crippen LogP contribution < -0.4 is 45.7 Å². The van der Waals surface area contributed by atoms with Gasteiger partial charge in [0.25, 0.3) is 0 Å². The van der Waals surface area contributed by atoms with Crippen LogP contribution in [0.4, 0.5) is 23.3 Å². The van der Waals surface area contributed by atoms with Crippen LogP contribution in [0.2, 0.25) is 0 Å². The van der Waals surface area contributed by atoms with Gasteiger partial charge in [-0.25, -0.2) is 46.1 Å². The highest BCUT2D eigenvalue weighted by molar-refractivity contribution is 8.05. The largest absolute Gasteiger partial charge is 0.490 e. The molecule has 4 aromatic carbocycles. The molecule has 0 radical (unpaired) electrons. The van der Waals surface area contributed by atoms with Gasteiger partial charge in [0.15, 0.2) is 30.8 Å². The first-order chi connectivity index (χ1) is 55.6. The number of aromatic nitrogens is 8. The third kappa shape index (κ3) is 23.8. The van der Waals surface area contributed by atoms with Crippen molar-refractivity contribution in [3.8, 4) is 44.5 Å². The van der Waals surface area contributed by atoms with E-state index < -0.39 is 206 Å². The van der Waals surface area contributed by atoms with Crippen LogP contribution >= 0.6 is 75.0 Å². The fourth-order valence-corrected chi connectivity index (χ4v) is 22.5. The fourth-order valence-electron chi connectivity index (χ4n) is 11.9. The first-order valence-corrected chi connectivity index (χ1v) is 46.7. The molecule has 5 aliphatic rings. The smallest absolute Gasteiger partial charge is 0.394 e. The van der Waals surface area contributed by atoms with Crippen LogP contribution in [0.1, 0.15) is 24.9 Å². The number of nitrogens with zero attached hydrogens (tertiary/aromatic N) is 8. The summed E-state index contributed by atoms with van der Waals surface area (Å²) in [6.07, 6.45) is -21.5. The normalized spacial score (nSPS) is 29.7. The molecule has 0 saturated carbocycles. The predicted octanol–water partition coefficient (Wildman–Crippen LogP) is 0.885. The van der Waals surface area contributed by atoms with Crippen LogP contribution in [0.25, 0.3) is 44.5 Å². The Morgan fingerprint density at radius 2 is 0.706 bits per heavy atom. The van der Waals surface area contributed by atoms with Gasteiger partial charge in [0.05, 0.1) is 26.4 Å². The number of phosphoric acid groups is 4. The first kappa shape index (κ1) is 94.0. The van der Waals surface area contributed by atoms with Crippen molar-refractivity contribution in [1.82, 2.24) is 38.2 Å². The van der Waals surface area contributed by atoms with E-state index in [1.54, 1.807) is 97.1 Å². The van der Waals surface area contributed by atoms with E-state index in [1.165, 1.54) is 24.8 Å². The molecule has 119 heavy (non-hydrogen) atoms. The topological polar surface area (TPSA) is 768 Å². The van der Waals surface area contributed by atoms with Gasteiger partial charge < -0.3 is 126 Å². The summed E-state index contributed by atoms with van der Waals surface area (Å²) in [5.41, 5.74) is 24.3. The molecule has 648 valence electrons. The van der Waals surface area contributed by atoms with Crippen LogP contribution in [0, 0.1) is 0 Å². The molecule has 23 N–H and O–H groups in total. The zero-order valence-corrected chi connectivity index (χ0v) is 67.9. The highest BCUT2D eigenvalue weighted by atomic mass is 35.9. The standard InChI is InChI=1S/C16H20N3O12P3.C15H16Cl2N3O6P.C15H20N3O14P3.C15H17N3O5/c17-14-10(9-4-2-1-3-5-9)6-19(16(22)18-14)15-13(21)12(20)11(29-15)7-28-33(25)8-32(23,24)30-34(26,27)31-33;16-27(17,24)25-7-10-11(21)12(22)14(26-10)20-6-9(13(18)19-15(20)23)8-4-2-1-3-5-8;16-13-9(8-4-2-1-3-5-8)6-18(15(21)17-13)14-12(20)11(19)10(30-14)7-29-34(25,26)32-35(27,28)31-33(22,23)24;16-13-9(8-4-2-1-3-5-8)6-18(15(22)17-13)14-12(21)11(20)10(7-19)23-14/h1-6,11-13,15,20-21H,7-8H2,(H,23,24)(H,26,27)(H2,17,18,22);1-6,10-12,14,21-22H,7H2,(H2,18,19,23);1-6,10-12,14,19-20H,7H2,(H,25,26)(H,27,28)(H2,16,17,21)(H2,22,23,24);1-6,10-12,14,19-21H,7H2,(H2,16,17,22)/t11-,12?,13+,15-,33?;3*10-,11?,12+,14-/m1111/s1. The summed E-state index contributed by atoms with van der Waals surface area (Å²) in [5.74, 6) is -1.34. The molecule has 8 aromatic rings. The maximum atomic E-state index is 12.6. The van der Waals surface area contributed by atoms with E-state index >= 15 is 0 Å². The summed E-state index contributed by atoms with van der Waals surface area (Å²) >= 11 is 10.6. The lowest BCUT2D eigenvalue weighted by molar-refractivity contribution is -0.0548. The summed E-state index contributed by atoms with van der Waals surface area (Å²) in [7, 11) is -31.4. The molecule has 5 aliphatic heterocycles. The number of halogens is 2. The molecule has 0 bridgehead atoms. The van der Waals surface area contributed by atoms with Gasteiger partial charge in [-0.1, -0.05) is 121 Å². The van der Waals surface area contributed by atoms with Gasteiger partial charge in [0.2, 0.25) is 0 Å². The molecule has 21 atom stereocenters. The van der Waals surface area contributed by atoms with Gasteiger partial charge in [-0.3, -0.25) is 36.5 Å². The summed E-state index contributed by atoms with van der Waals surface area (Å²) < 4.78 is 136. The summed E-state index contributed by atoms with van der Waals surface area (Å²) in [4.78, 5) is 119. The van der Waals surface area contributed by atoms with E-state index in [4.69, 9.17) is 93.2 Å². The Hall–Kier alpha value is -7.25. The highest BCUT2D eigenvalue weighted by Gasteiger charge is 2.55. The Kier molecular flexibility index (Phi) is 30.2. The highest BCUT2D eigenvalue weighted by Crippen LogP contribution is 2.79. The van der Waals surface area contributed by atoms with E-state index in [0.29, 0.717) is 38.9 Å². The number of aliphatic hydroxyl groups excluding tert-OH is 9. The maximum absolute atomic E-state index is 12.6. The third-order valence-corrected chi connectivity index (χ3v) is 29.2. The maximum Gasteiger partial charge on any atom is 0.490 e. The van der Waals surface area contributed by atoms with Crippen LogP contribution in [0.15, 0.2) is 165 Å². The van der Waals surface area contributed by atoms with Gasteiger partial charge in [-0.2, -0.15) is 28.6 Å². The molecule has 5 fully saturated rings. The number of rotatable bonds is 22. The molecule has 0 aliphatic carbocycles. The van der Waals surface area contributed by atoms with Crippen LogP contribution in [-0.4, -0.2) is 219 Å². The molecule has 13 rings (SSSR count).